The van der Waals surface area contributed by atoms with Crippen molar-refractivity contribution in [3.8, 4) is 51.0 Å². The molecule has 4 heterocycles. The molecule has 0 unspecified atom stereocenters. The molecule has 45 heavy (non-hydrogen) atoms. The van der Waals surface area contributed by atoms with Crippen LogP contribution in [0.3, 0.4) is 0 Å². The van der Waals surface area contributed by atoms with Gasteiger partial charge in [0.25, 0.3) is 0 Å². The van der Waals surface area contributed by atoms with E-state index in [1.807, 2.05) is 72.8 Å². The van der Waals surface area contributed by atoms with Crippen molar-refractivity contribution in [2.45, 2.75) is 0 Å². The van der Waals surface area contributed by atoms with E-state index in [-0.39, 0.29) is 0 Å². The van der Waals surface area contributed by atoms with E-state index in [4.69, 9.17) is 19.1 Å². The molecule has 1 aliphatic heterocycles. The molecule has 0 saturated heterocycles. The molecule has 10 rings (SSSR count). The summed E-state index contributed by atoms with van der Waals surface area (Å²) in [5, 5.41) is 3.31. The quantitative estimate of drug-likeness (QED) is 0.210. The fraction of sp³-hybridized carbons (Fsp3) is 0. The molecule has 5 nitrogen and oxygen atoms in total. The lowest BCUT2D eigenvalue weighted by atomic mass is 10.0. The van der Waals surface area contributed by atoms with Crippen LogP contribution in [0.5, 0.6) is 11.5 Å². The maximum atomic E-state index is 6.48. The average molecular weight is 578 g/mol. The summed E-state index contributed by atoms with van der Waals surface area (Å²) in [6.45, 7) is 0. The number of furan rings is 1. The summed E-state index contributed by atoms with van der Waals surface area (Å²) in [6, 6.07) is 47.9. The van der Waals surface area contributed by atoms with Crippen LogP contribution in [-0.4, -0.2) is 14.5 Å². The number of nitrogens with zero attached hydrogens (tertiary/aromatic N) is 3. The first-order chi connectivity index (χ1) is 22.3. The third-order valence-electron chi connectivity index (χ3n) is 8.80. The maximum absolute atomic E-state index is 6.48. The Morgan fingerprint density at radius 2 is 1.22 bits per heavy atom. The first kappa shape index (κ1) is 24.3. The van der Waals surface area contributed by atoms with Gasteiger partial charge in [0.2, 0.25) is 0 Å². The molecule has 0 fully saturated rings. The molecule has 1 aliphatic rings. The molecule has 0 atom stereocenters. The van der Waals surface area contributed by atoms with Crippen molar-refractivity contribution in [2.24, 2.45) is 0 Å². The maximum Gasteiger partial charge on any atom is 0.180 e. The number of hydrogen-bond donors (Lipinski definition) is 0. The van der Waals surface area contributed by atoms with Crippen molar-refractivity contribution in [2.75, 3.05) is 0 Å². The zero-order valence-corrected chi connectivity index (χ0v) is 23.9. The molecule has 5 heteroatoms. The Bertz CT molecular complexity index is 2620. The van der Waals surface area contributed by atoms with Gasteiger partial charge in [0.05, 0.1) is 16.7 Å². The van der Waals surface area contributed by atoms with E-state index >= 15 is 0 Å². The minimum absolute atomic E-state index is 0.674. The van der Waals surface area contributed by atoms with Gasteiger partial charge in [0, 0.05) is 27.3 Å². The molecule has 0 bridgehead atoms. The van der Waals surface area contributed by atoms with Crippen molar-refractivity contribution in [1.29, 1.82) is 0 Å². The van der Waals surface area contributed by atoms with Crippen LogP contribution in [0, 0.1) is 0 Å². The Morgan fingerprint density at radius 1 is 0.511 bits per heavy atom. The number of hydrogen-bond acceptors (Lipinski definition) is 4. The highest BCUT2D eigenvalue weighted by Gasteiger charge is 2.24. The predicted molar refractivity (Wildman–Crippen MR) is 180 cm³/mol. The smallest absolute Gasteiger partial charge is 0.180 e. The zero-order valence-electron chi connectivity index (χ0n) is 23.9. The molecule has 9 aromatic rings. The summed E-state index contributed by atoms with van der Waals surface area (Å²) in [5.41, 5.74) is 10.5. The molecule has 3 aromatic heterocycles. The summed E-state index contributed by atoms with van der Waals surface area (Å²) < 4.78 is 15.1. The van der Waals surface area contributed by atoms with E-state index < -0.39 is 0 Å². The lowest BCUT2D eigenvalue weighted by Crippen LogP contribution is -2.03. The van der Waals surface area contributed by atoms with Gasteiger partial charge in [0.1, 0.15) is 16.8 Å². The van der Waals surface area contributed by atoms with Gasteiger partial charge in [-0.25, -0.2) is 9.97 Å². The van der Waals surface area contributed by atoms with Crippen molar-refractivity contribution >= 4 is 43.9 Å². The van der Waals surface area contributed by atoms with Crippen LogP contribution in [0.1, 0.15) is 0 Å². The third-order valence-corrected chi connectivity index (χ3v) is 8.80. The van der Waals surface area contributed by atoms with E-state index in [2.05, 4.69) is 71.3 Å². The molecule has 0 spiro atoms. The fourth-order valence-electron chi connectivity index (χ4n) is 6.73. The third kappa shape index (κ3) is 3.55. The standard InChI is InChI=1S/C40H23N3O2/c1-3-10-24(11-4-1)36-39-37(42-40(41-36)25-12-5-2-6-13-25)30-23-27(19-21-33(30)45-39)26-18-20-31-29(22-26)28-14-9-17-35-38(28)43(31)32-15-7-8-16-34(32)44-35/h1-23H. The fourth-order valence-corrected chi connectivity index (χ4v) is 6.73. The summed E-state index contributed by atoms with van der Waals surface area (Å²) >= 11 is 0. The van der Waals surface area contributed by atoms with Crippen LogP contribution >= 0.6 is 0 Å². The van der Waals surface area contributed by atoms with Crippen LogP contribution in [-0.2, 0) is 0 Å². The summed E-state index contributed by atoms with van der Waals surface area (Å²) in [6.07, 6.45) is 0. The molecular formula is C40H23N3O2. The Morgan fingerprint density at radius 3 is 2.07 bits per heavy atom. The number of benzene rings is 6. The average Bonchev–Trinajstić information content (AvgIpc) is 3.65. The zero-order chi connectivity index (χ0) is 29.5. The lowest BCUT2D eigenvalue weighted by molar-refractivity contribution is 0.476. The first-order valence-corrected chi connectivity index (χ1v) is 15.0. The molecule has 0 radical (unpaired) electrons. The van der Waals surface area contributed by atoms with Crippen LogP contribution in [0.2, 0.25) is 0 Å². The number of rotatable bonds is 3. The van der Waals surface area contributed by atoms with Crippen molar-refractivity contribution < 1.29 is 9.15 Å². The summed E-state index contributed by atoms with van der Waals surface area (Å²) in [7, 11) is 0. The van der Waals surface area contributed by atoms with E-state index in [1.165, 1.54) is 10.8 Å². The van der Waals surface area contributed by atoms with Gasteiger partial charge in [-0.15, -0.1) is 0 Å². The molecule has 0 aliphatic carbocycles. The highest BCUT2D eigenvalue weighted by atomic mass is 16.5. The van der Waals surface area contributed by atoms with Crippen molar-refractivity contribution in [3.05, 3.63) is 140 Å². The van der Waals surface area contributed by atoms with E-state index in [0.29, 0.717) is 11.4 Å². The van der Waals surface area contributed by atoms with Gasteiger partial charge >= 0.3 is 0 Å². The van der Waals surface area contributed by atoms with Crippen LogP contribution in [0.15, 0.2) is 144 Å². The topological polar surface area (TPSA) is 53.1 Å². The van der Waals surface area contributed by atoms with Gasteiger partial charge in [-0.2, -0.15) is 0 Å². The van der Waals surface area contributed by atoms with E-state index in [9.17, 15) is 0 Å². The molecule has 0 N–H and O–H groups in total. The summed E-state index contributed by atoms with van der Waals surface area (Å²) in [4.78, 5) is 10.1. The Kier molecular flexibility index (Phi) is 4.93. The van der Waals surface area contributed by atoms with Gasteiger partial charge in [0.15, 0.2) is 22.9 Å². The van der Waals surface area contributed by atoms with Gasteiger partial charge in [-0.3, -0.25) is 0 Å². The van der Waals surface area contributed by atoms with Crippen molar-refractivity contribution in [1.82, 2.24) is 14.5 Å². The molecule has 0 amide bonds. The molecule has 6 aromatic carbocycles. The first-order valence-electron chi connectivity index (χ1n) is 15.0. The normalized spacial score (nSPS) is 12.2. The Hall–Kier alpha value is -6.20. The number of aromatic nitrogens is 3. The highest BCUT2D eigenvalue weighted by molar-refractivity contribution is 6.13. The van der Waals surface area contributed by atoms with Gasteiger partial charge in [-0.05, 0) is 53.6 Å². The van der Waals surface area contributed by atoms with Crippen LogP contribution in [0.4, 0.5) is 0 Å². The van der Waals surface area contributed by atoms with Crippen LogP contribution < -0.4 is 4.74 Å². The van der Waals surface area contributed by atoms with Crippen LogP contribution in [0.25, 0.3) is 83.3 Å². The Balaban J connectivity index is 1.20. The summed E-state index contributed by atoms with van der Waals surface area (Å²) in [5.74, 6) is 2.41. The van der Waals surface area contributed by atoms with Crippen molar-refractivity contribution in [3.63, 3.8) is 0 Å². The van der Waals surface area contributed by atoms with E-state index in [0.717, 1.165) is 72.7 Å². The highest BCUT2D eigenvalue weighted by Crippen LogP contribution is 2.46. The number of ether oxygens (including phenoxy) is 1. The number of para-hydroxylation sites is 3. The minimum atomic E-state index is 0.674. The SMILES string of the molecule is c1ccc(-c2nc(-c3ccccc3)c3oc4ccc(-c5ccc6c(c5)c5cccc7c5n6-c5ccccc5O7)cc4c3n2)cc1. The second-order valence-electron chi connectivity index (χ2n) is 11.4. The number of fused-ring (bicyclic) bond motifs is 8. The molecule has 210 valence electrons. The predicted octanol–water partition coefficient (Wildman–Crippen LogP) is 10.6. The molecular weight excluding hydrogens is 554 g/mol. The molecule has 0 saturated carbocycles. The van der Waals surface area contributed by atoms with Gasteiger partial charge < -0.3 is 13.7 Å². The van der Waals surface area contributed by atoms with E-state index in [1.54, 1.807) is 0 Å². The largest absolute Gasteiger partial charge is 0.453 e. The Labute approximate surface area is 257 Å². The second-order valence-corrected chi connectivity index (χ2v) is 11.4. The van der Waals surface area contributed by atoms with Gasteiger partial charge in [-0.1, -0.05) is 97.1 Å². The minimum Gasteiger partial charge on any atom is -0.453 e. The second kappa shape index (κ2) is 9.15. The monoisotopic (exact) mass is 577 g/mol. The lowest BCUT2D eigenvalue weighted by Gasteiger charge is -2.20.